The van der Waals surface area contributed by atoms with Crippen molar-refractivity contribution in [2.75, 3.05) is 9.80 Å². The topological polar surface area (TPSA) is 6.48 Å². The summed E-state index contributed by atoms with van der Waals surface area (Å²) in [5, 5.41) is 4.88. The van der Waals surface area contributed by atoms with Crippen LogP contribution in [-0.4, -0.2) is 0 Å². The third kappa shape index (κ3) is 6.42. The average molecular weight is 691 g/mol. The molecule has 9 aromatic rings. The van der Waals surface area contributed by atoms with Crippen LogP contribution in [0.25, 0.3) is 44.8 Å². The van der Waals surface area contributed by atoms with E-state index in [0.29, 0.717) is 0 Å². The summed E-state index contributed by atoms with van der Waals surface area (Å²) >= 11 is 0. The van der Waals surface area contributed by atoms with E-state index in [0.717, 1.165) is 39.6 Å². The smallest absolute Gasteiger partial charge is 0.0618 e. The first kappa shape index (κ1) is 32.7. The monoisotopic (exact) mass is 690 g/mol. The van der Waals surface area contributed by atoms with E-state index in [1.165, 1.54) is 38.4 Å². The molecule has 0 N–H and O–H groups in total. The van der Waals surface area contributed by atoms with Crippen molar-refractivity contribution in [3.05, 3.63) is 230 Å². The van der Waals surface area contributed by atoms with E-state index in [-0.39, 0.29) is 0 Å². The Kier molecular flexibility index (Phi) is 8.99. The molecule has 2 heteroatoms. The molecular formula is C52H38N2. The summed E-state index contributed by atoms with van der Waals surface area (Å²) in [7, 11) is 0. The van der Waals surface area contributed by atoms with Gasteiger partial charge in [-0.05, 0) is 93.7 Å². The summed E-state index contributed by atoms with van der Waals surface area (Å²) in [5.41, 5.74) is 11.6. The van der Waals surface area contributed by atoms with Gasteiger partial charge in [-0.1, -0.05) is 170 Å². The first-order chi connectivity index (χ1) is 26.8. The van der Waals surface area contributed by atoms with Gasteiger partial charge in [0.05, 0.1) is 5.69 Å². The molecule has 0 unspecified atom stereocenters. The van der Waals surface area contributed by atoms with Crippen LogP contribution in [0.5, 0.6) is 0 Å². The molecule has 0 radical (unpaired) electrons. The highest BCUT2D eigenvalue weighted by Crippen LogP contribution is 2.48. The number of hydrogen-bond acceptors (Lipinski definition) is 2. The van der Waals surface area contributed by atoms with Gasteiger partial charge in [0.2, 0.25) is 0 Å². The van der Waals surface area contributed by atoms with E-state index in [1.54, 1.807) is 0 Å². The van der Waals surface area contributed by atoms with Crippen molar-refractivity contribution >= 4 is 67.8 Å². The van der Waals surface area contributed by atoms with Gasteiger partial charge < -0.3 is 9.80 Å². The van der Waals surface area contributed by atoms with Crippen LogP contribution in [0, 0.1) is 0 Å². The minimum atomic E-state index is 1.12. The maximum Gasteiger partial charge on any atom is 0.0618 e. The van der Waals surface area contributed by atoms with Gasteiger partial charge in [0.1, 0.15) is 0 Å². The molecular weight excluding hydrogens is 653 g/mol. The normalized spacial score (nSPS) is 11.3. The van der Waals surface area contributed by atoms with Crippen molar-refractivity contribution in [3.63, 3.8) is 0 Å². The van der Waals surface area contributed by atoms with E-state index in [4.69, 9.17) is 0 Å². The number of anilines is 6. The van der Waals surface area contributed by atoms with Crippen LogP contribution in [0.4, 0.5) is 34.1 Å². The molecule has 0 aliphatic carbocycles. The maximum absolute atomic E-state index is 2.40. The minimum absolute atomic E-state index is 1.12. The predicted octanol–water partition coefficient (Wildman–Crippen LogP) is 14.8. The fourth-order valence-electron chi connectivity index (χ4n) is 7.51. The van der Waals surface area contributed by atoms with Gasteiger partial charge in [-0.15, -0.1) is 0 Å². The Morgan fingerprint density at radius 3 is 0.981 bits per heavy atom. The zero-order valence-electron chi connectivity index (χ0n) is 29.8. The number of para-hydroxylation sites is 4. The SMILES string of the molecule is C(=Cc1ccc(N(c2ccccc2)c2ccccc2)cc1)c1ccc(-c2c3ccccc3c(N(c3ccccc3)c3ccccc3)c3ccccc23)cc1. The highest BCUT2D eigenvalue weighted by atomic mass is 15.1. The Morgan fingerprint density at radius 2 is 0.574 bits per heavy atom. The molecule has 2 nitrogen and oxygen atoms in total. The highest BCUT2D eigenvalue weighted by molar-refractivity contribution is 6.22. The van der Waals surface area contributed by atoms with Crippen LogP contribution < -0.4 is 9.80 Å². The van der Waals surface area contributed by atoms with Crippen molar-refractivity contribution in [3.8, 4) is 11.1 Å². The molecule has 0 heterocycles. The lowest BCUT2D eigenvalue weighted by Crippen LogP contribution is -2.11. The van der Waals surface area contributed by atoms with Crippen LogP contribution in [0.2, 0.25) is 0 Å². The molecule has 0 atom stereocenters. The van der Waals surface area contributed by atoms with Crippen LogP contribution in [0.3, 0.4) is 0 Å². The van der Waals surface area contributed by atoms with Gasteiger partial charge >= 0.3 is 0 Å². The molecule has 0 saturated heterocycles. The fourth-order valence-corrected chi connectivity index (χ4v) is 7.51. The van der Waals surface area contributed by atoms with Crippen molar-refractivity contribution in [1.29, 1.82) is 0 Å². The Morgan fingerprint density at radius 1 is 0.259 bits per heavy atom. The second kappa shape index (κ2) is 14.8. The van der Waals surface area contributed by atoms with E-state index >= 15 is 0 Å². The average Bonchev–Trinajstić information content (AvgIpc) is 3.25. The Balaban J connectivity index is 1.06. The zero-order valence-corrected chi connectivity index (χ0v) is 29.8. The van der Waals surface area contributed by atoms with E-state index < -0.39 is 0 Å². The molecule has 0 aliphatic heterocycles. The molecule has 0 amide bonds. The second-order valence-electron chi connectivity index (χ2n) is 13.4. The number of hydrogen-bond donors (Lipinski definition) is 0. The minimum Gasteiger partial charge on any atom is -0.311 e. The first-order valence-corrected chi connectivity index (χ1v) is 18.4. The van der Waals surface area contributed by atoms with E-state index in [9.17, 15) is 0 Å². The van der Waals surface area contributed by atoms with E-state index in [2.05, 4.69) is 240 Å². The molecule has 0 aliphatic rings. The number of benzene rings is 9. The molecule has 0 fully saturated rings. The van der Waals surface area contributed by atoms with Crippen LogP contribution in [-0.2, 0) is 0 Å². The highest BCUT2D eigenvalue weighted by Gasteiger charge is 2.21. The summed E-state index contributed by atoms with van der Waals surface area (Å²) < 4.78 is 0. The van der Waals surface area contributed by atoms with Crippen LogP contribution in [0.1, 0.15) is 11.1 Å². The first-order valence-electron chi connectivity index (χ1n) is 18.4. The van der Waals surface area contributed by atoms with Crippen molar-refractivity contribution in [1.82, 2.24) is 0 Å². The van der Waals surface area contributed by atoms with Gasteiger partial charge in [-0.25, -0.2) is 0 Å². The lowest BCUT2D eigenvalue weighted by molar-refractivity contribution is 1.28. The molecule has 0 aromatic heterocycles. The van der Waals surface area contributed by atoms with Gasteiger partial charge in [0.15, 0.2) is 0 Å². The van der Waals surface area contributed by atoms with Gasteiger partial charge in [0.25, 0.3) is 0 Å². The molecule has 54 heavy (non-hydrogen) atoms. The fraction of sp³-hybridized carbons (Fsp3) is 0. The zero-order chi connectivity index (χ0) is 36.1. The van der Waals surface area contributed by atoms with Gasteiger partial charge in [-0.3, -0.25) is 0 Å². The maximum atomic E-state index is 2.40. The quantitative estimate of drug-likeness (QED) is 0.110. The Hall–Kier alpha value is -7.16. The molecule has 9 aromatic carbocycles. The van der Waals surface area contributed by atoms with Crippen LogP contribution in [0.15, 0.2) is 218 Å². The van der Waals surface area contributed by atoms with E-state index in [1.807, 2.05) is 0 Å². The lowest BCUT2D eigenvalue weighted by Gasteiger charge is -2.29. The Labute approximate surface area is 317 Å². The number of fused-ring (bicyclic) bond motifs is 2. The molecule has 0 bridgehead atoms. The summed E-state index contributed by atoms with van der Waals surface area (Å²) in [4.78, 5) is 4.68. The predicted molar refractivity (Wildman–Crippen MR) is 232 cm³/mol. The standard InChI is InChI=1S/C52H38N2/c1-5-17-42(18-6-1)53(43-19-7-2-8-20-43)46-37-33-40(34-38-46)30-29-39-31-35-41(36-32-39)51-47-25-13-15-27-49(47)52(50-28-16-14-26-48(50)51)54(44-21-9-3-10-22-44)45-23-11-4-12-24-45/h1-38H. The second-order valence-corrected chi connectivity index (χ2v) is 13.4. The lowest BCUT2D eigenvalue weighted by atomic mass is 9.89. The van der Waals surface area contributed by atoms with Gasteiger partial charge in [0, 0.05) is 39.2 Å². The molecule has 0 spiro atoms. The number of rotatable bonds is 9. The summed E-state index contributed by atoms with van der Waals surface area (Å²) in [6, 6.07) is 77.8. The largest absolute Gasteiger partial charge is 0.311 e. The summed E-state index contributed by atoms with van der Waals surface area (Å²) in [6.45, 7) is 0. The van der Waals surface area contributed by atoms with Crippen molar-refractivity contribution < 1.29 is 0 Å². The summed E-state index contributed by atoms with van der Waals surface area (Å²) in [6.07, 6.45) is 4.39. The third-order valence-corrected chi connectivity index (χ3v) is 10.0. The summed E-state index contributed by atoms with van der Waals surface area (Å²) in [5.74, 6) is 0. The van der Waals surface area contributed by atoms with Crippen LogP contribution >= 0.6 is 0 Å². The van der Waals surface area contributed by atoms with Crippen molar-refractivity contribution in [2.45, 2.75) is 0 Å². The van der Waals surface area contributed by atoms with Crippen molar-refractivity contribution in [2.24, 2.45) is 0 Å². The molecule has 0 saturated carbocycles. The molecule has 9 rings (SSSR count). The molecule has 256 valence electrons. The Bertz CT molecular complexity index is 2530. The number of nitrogens with zero attached hydrogens (tertiary/aromatic N) is 2. The van der Waals surface area contributed by atoms with Gasteiger partial charge in [-0.2, -0.15) is 0 Å². The third-order valence-electron chi connectivity index (χ3n) is 10.0.